The van der Waals surface area contributed by atoms with E-state index in [1.165, 1.54) is 16.3 Å². The van der Waals surface area contributed by atoms with Crippen LogP contribution in [0.4, 0.5) is 0 Å². The molecule has 0 aliphatic rings. The number of furan rings is 1. The standard InChI is InChI=1S/C19H14N6O3S/c1-11-4-6-12(7-5-11)17-20-16(28-24-17)10-29-19-22-21-18(26)14-9-13(23-25(14)19)15-3-2-8-27-15/h2-9H,10H2,1H3,(H,21,26). The lowest BCUT2D eigenvalue weighted by molar-refractivity contribution is 0.391. The van der Waals surface area contributed by atoms with Crippen LogP contribution in [-0.2, 0) is 5.75 Å². The molecule has 4 heterocycles. The first-order valence-corrected chi connectivity index (χ1v) is 9.71. The first-order valence-electron chi connectivity index (χ1n) is 8.72. The second kappa shape index (κ2) is 7.06. The number of aromatic nitrogens is 6. The van der Waals surface area contributed by atoms with Gasteiger partial charge in [0, 0.05) is 11.6 Å². The van der Waals surface area contributed by atoms with E-state index >= 15 is 0 Å². The summed E-state index contributed by atoms with van der Waals surface area (Å²) in [6.45, 7) is 2.02. The summed E-state index contributed by atoms with van der Waals surface area (Å²) in [5.74, 6) is 1.93. The number of aromatic amines is 1. The number of nitrogens with one attached hydrogen (secondary N) is 1. The maximum Gasteiger partial charge on any atom is 0.290 e. The average Bonchev–Trinajstić information content (AvgIpc) is 3.48. The highest BCUT2D eigenvalue weighted by atomic mass is 32.2. The van der Waals surface area contributed by atoms with Crippen molar-refractivity contribution in [3.05, 3.63) is 70.5 Å². The molecule has 0 aliphatic heterocycles. The van der Waals surface area contributed by atoms with Gasteiger partial charge in [0.25, 0.3) is 5.56 Å². The molecule has 0 spiro atoms. The number of hydrogen-bond acceptors (Lipinski definition) is 8. The van der Waals surface area contributed by atoms with Gasteiger partial charge < -0.3 is 8.94 Å². The summed E-state index contributed by atoms with van der Waals surface area (Å²) in [5.41, 5.74) is 2.64. The molecule has 0 radical (unpaired) electrons. The van der Waals surface area contributed by atoms with Gasteiger partial charge in [0.2, 0.25) is 16.9 Å². The van der Waals surface area contributed by atoms with Crippen LogP contribution in [0.5, 0.6) is 0 Å². The molecule has 5 aromatic rings. The van der Waals surface area contributed by atoms with Crippen molar-refractivity contribution in [2.75, 3.05) is 0 Å². The van der Waals surface area contributed by atoms with Crippen LogP contribution in [0.2, 0.25) is 0 Å². The minimum Gasteiger partial charge on any atom is -0.463 e. The topological polar surface area (TPSA) is 115 Å². The maximum absolute atomic E-state index is 12.1. The van der Waals surface area contributed by atoms with Gasteiger partial charge in [-0.1, -0.05) is 46.7 Å². The van der Waals surface area contributed by atoms with Gasteiger partial charge in [-0.05, 0) is 19.1 Å². The summed E-state index contributed by atoms with van der Waals surface area (Å²) in [6, 6.07) is 13.1. The monoisotopic (exact) mass is 406 g/mol. The lowest BCUT2D eigenvalue weighted by Crippen LogP contribution is -2.13. The van der Waals surface area contributed by atoms with Crippen molar-refractivity contribution in [2.24, 2.45) is 0 Å². The molecular formula is C19H14N6O3S. The summed E-state index contributed by atoms with van der Waals surface area (Å²) in [5, 5.41) is 15.6. The van der Waals surface area contributed by atoms with E-state index in [4.69, 9.17) is 8.94 Å². The van der Waals surface area contributed by atoms with Gasteiger partial charge in [-0.3, -0.25) is 4.79 Å². The molecule has 1 N–H and O–H groups in total. The molecule has 10 heteroatoms. The number of fused-ring (bicyclic) bond motifs is 1. The van der Waals surface area contributed by atoms with Crippen LogP contribution in [0.1, 0.15) is 11.5 Å². The van der Waals surface area contributed by atoms with Crippen LogP contribution in [0.15, 0.2) is 67.6 Å². The molecule has 0 bridgehead atoms. The van der Waals surface area contributed by atoms with Gasteiger partial charge in [0.15, 0.2) is 5.76 Å². The van der Waals surface area contributed by atoms with Crippen LogP contribution < -0.4 is 5.56 Å². The lowest BCUT2D eigenvalue weighted by atomic mass is 10.1. The van der Waals surface area contributed by atoms with E-state index in [2.05, 4.69) is 25.4 Å². The maximum atomic E-state index is 12.1. The molecule has 9 nitrogen and oxygen atoms in total. The molecule has 5 rings (SSSR count). The summed E-state index contributed by atoms with van der Waals surface area (Å²) in [7, 11) is 0. The first-order chi connectivity index (χ1) is 14.2. The van der Waals surface area contributed by atoms with Crippen molar-refractivity contribution in [1.82, 2.24) is 30.0 Å². The fraction of sp³-hybridized carbons (Fsp3) is 0.105. The normalized spacial score (nSPS) is 11.3. The number of nitrogens with zero attached hydrogens (tertiary/aromatic N) is 5. The number of hydrogen-bond donors (Lipinski definition) is 1. The van der Waals surface area contributed by atoms with E-state index in [1.54, 1.807) is 24.5 Å². The second-order valence-electron chi connectivity index (χ2n) is 6.31. The molecule has 0 saturated heterocycles. The fourth-order valence-corrected chi connectivity index (χ4v) is 3.53. The quantitative estimate of drug-likeness (QED) is 0.442. The highest BCUT2D eigenvalue weighted by molar-refractivity contribution is 7.98. The van der Waals surface area contributed by atoms with Gasteiger partial charge in [-0.2, -0.15) is 10.1 Å². The third kappa shape index (κ3) is 3.34. The molecule has 0 aliphatic carbocycles. The molecule has 144 valence electrons. The Labute approximate surface area is 167 Å². The number of H-pyrrole nitrogens is 1. The van der Waals surface area contributed by atoms with Crippen molar-refractivity contribution in [1.29, 1.82) is 0 Å². The predicted molar refractivity (Wildman–Crippen MR) is 105 cm³/mol. The Balaban J connectivity index is 1.40. The van der Waals surface area contributed by atoms with Gasteiger partial charge in [0.1, 0.15) is 11.2 Å². The fourth-order valence-electron chi connectivity index (χ4n) is 2.79. The Morgan fingerprint density at radius 3 is 2.86 bits per heavy atom. The SMILES string of the molecule is Cc1ccc(-c2noc(CSc3n[nH]c(=O)c4cc(-c5ccco5)nn34)n2)cc1. The Bertz CT molecular complexity index is 1330. The lowest BCUT2D eigenvalue weighted by Gasteiger charge is -2.00. The van der Waals surface area contributed by atoms with Crippen LogP contribution in [0.3, 0.4) is 0 Å². The Morgan fingerprint density at radius 1 is 1.21 bits per heavy atom. The summed E-state index contributed by atoms with van der Waals surface area (Å²) < 4.78 is 12.2. The van der Waals surface area contributed by atoms with E-state index in [0.717, 1.165) is 11.1 Å². The average molecular weight is 406 g/mol. The number of benzene rings is 1. The van der Waals surface area contributed by atoms with Gasteiger partial charge in [-0.25, -0.2) is 9.61 Å². The van der Waals surface area contributed by atoms with Crippen LogP contribution in [-0.4, -0.2) is 30.0 Å². The van der Waals surface area contributed by atoms with E-state index in [-0.39, 0.29) is 5.56 Å². The largest absolute Gasteiger partial charge is 0.463 e. The van der Waals surface area contributed by atoms with Gasteiger partial charge >= 0.3 is 0 Å². The molecule has 29 heavy (non-hydrogen) atoms. The van der Waals surface area contributed by atoms with Crippen LogP contribution in [0.25, 0.3) is 28.4 Å². The van der Waals surface area contributed by atoms with Crippen molar-refractivity contribution in [3.63, 3.8) is 0 Å². The predicted octanol–water partition coefficient (Wildman–Crippen LogP) is 3.33. The third-order valence-corrected chi connectivity index (χ3v) is 5.17. The Morgan fingerprint density at radius 2 is 2.07 bits per heavy atom. The minimum atomic E-state index is -0.334. The molecule has 1 aromatic carbocycles. The van der Waals surface area contributed by atoms with E-state index < -0.39 is 0 Å². The zero-order valence-electron chi connectivity index (χ0n) is 15.2. The highest BCUT2D eigenvalue weighted by Crippen LogP contribution is 2.24. The molecule has 0 saturated carbocycles. The van der Waals surface area contributed by atoms with Crippen molar-refractivity contribution in [2.45, 2.75) is 17.8 Å². The van der Waals surface area contributed by atoms with Crippen LogP contribution >= 0.6 is 11.8 Å². The van der Waals surface area contributed by atoms with Crippen molar-refractivity contribution in [3.8, 4) is 22.8 Å². The van der Waals surface area contributed by atoms with Gasteiger partial charge in [-0.15, -0.1) is 5.10 Å². The smallest absolute Gasteiger partial charge is 0.290 e. The van der Waals surface area contributed by atoms with Crippen molar-refractivity contribution < 1.29 is 8.94 Å². The van der Waals surface area contributed by atoms with Crippen LogP contribution in [0, 0.1) is 6.92 Å². The number of aryl methyl sites for hydroxylation is 1. The molecule has 0 unspecified atom stereocenters. The molecule has 0 fully saturated rings. The molecule has 0 amide bonds. The number of rotatable bonds is 5. The van der Waals surface area contributed by atoms with E-state index in [0.29, 0.717) is 39.6 Å². The molecule has 0 atom stereocenters. The van der Waals surface area contributed by atoms with Crippen molar-refractivity contribution >= 4 is 17.3 Å². The Kier molecular flexibility index (Phi) is 4.24. The first kappa shape index (κ1) is 17.4. The molecular weight excluding hydrogens is 392 g/mol. The third-order valence-electron chi connectivity index (χ3n) is 4.25. The highest BCUT2D eigenvalue weighted by Gasteiger charge is 2.15. The molecule has 4 aromatic heterocycles. The van der Waals surface area contributed by atoms with Gasteiger partial charge in [0.05, 0.1) is 12.0 Å². The van der Waals surface area contributed by atoms with E-state index in [1.807, 2.05) is 31.2 Å². The minimum absolute atomic E-state index is 0.334. The second-order valence-corrected chi connectivity index (χ2v) is 7.25. The zero-order chi connectivity index (χ0) is 19.8. The summed E-state index contributed by atoms with van der Waals surface area (Å²) in [4.78, 5) is 16.5. The Hall–Kier alpha value is -3.66. The zero-order valence-corrected chi connectivity index (χ0v) is 16.0. The summed E-state index contributed by atoms with van der Waals surface area (Å²) >= 11 is 1.33. The van der Waals surface area contributed by atoms with E-state index in [9.17, 15) is 4.79 Å². The summed E-state index contributed by atoms with van der Waals surface area (Å²) in [6.07, 6.45) is 1.55. The number of thioether (sulfide) groups is 1.